The monoisotopic (exact) mass is 330 g/mol. The van der Waals surface area contributed by atoms with E-state index in [2.05, 4.69) is 20.3 Å². The summed E-state index contributed by atoms with van der Waals surface area (Å²) in [4.78, 5) is 12.5. The molecule has 0 aliphatic heterocycles. The fourth-order valence-electron chi connectivity index (χ4n) is 2.13. The summed E-state index contributed by atoms with van der Waals surface area (Å²) in [5.74, 6) is -0.839. The van der Waals surface area contributed by atoms with E-state index in [0.717, 1.165) is 24.1 Å². The number of rotatable bonds is 6. The van der Waals surface area contributed by atoms with Crippen LogP contribution >= 0.6 is 0 Å². The van der Waals surface area contributed by atoms with Gasteiger partial charge < -0.3 is 10.1 Å². The van der Waals surface area contributed by atoms with Crippen molar-refractivity contribution in [2.24, 2.45) is 0 Å². The molecule has 3 rings (SSSR count). The van der Waals surface area contributed by atoms with E-state index in [9.17, 15) is 8.78 Å². The molecular weight excluding hydrogens is 314 g/mol. The zero-order valence-electron chi connectivity index (χ0n) is 13.1. The Bertz CT molecular complexity index is 857. The third-order valence-corrected chi connectivity index (χ3v) is 3.31. The highest BCUT2D eigenvalue weighted by molar-refractivity contribution is 5.75. The van der Waals surface area contributed by atoms with Crippen LogP contribution in [0.15, 0.2) is 36.7 Å². The molecule has 0 aliphatic rings. The van der Waals surface area contributed by atoms with Crippen molar-refractivity contribution in [3.8, 4) is 5.88 Å². The third kappa shape index (κ3) is 3.73. The SMILES string of the molecule is CCCOc1cc(CNc2cnc3cc(F)c(F)cc3n2)ccn1. The first-order valence-electron chi connectivity index (χ1n) is 7.59. The molecule has 2 aromatic heterocycles. The van der Waals surface area contributed by atoms with Gasteiger partial charge in [0, 0.05) is 30.9 Å². The van der Waals surface area contributed by atoms with E-state index in [1.165, 1.54) is 6.20 Å². The van der Waals surface area contributed by atoms with Crippen molar-refractivity contribution in [2.45, 2.75) is 19.9 Å². The Morgan fingerprint density at radius 2 is 1.88 bits per heavy atom. The van der Waals surface area contributed by atoms with Gasteiger partial charge in [0.1, 0.15) is 5.82 Å². The van der Waals surface area contributed by atoms with E-state index < -0.39 is 11.6 Å². The predicted octanol–water partition coefficient (Wildman–Crippen LogP) is 3.70. The molecule has 0 spiro atoms. The summed E-state index contributed by atoms with van der Waals surface area (Å²) >= 11 is 0. The van der Waals surface area contributed by atoms with E-state index in [1.54, 1.807) is 6.20 Å². The van der Waals surface area contributed by atoms with Crippen LogP contribution < -0.4 is 10.1 Å². The molecule has 0 unspecified atom stereocenters. The van der Waals surface area contributed by atoms with Crippen molar-refractivity contribution in [1.29, 1.82) is 0 Å². The van der Waals surface area contributed by atoms with Crippen LogP contribution in [0.3, 0.4) is 0 Å². The lowest BCUT2D eigenvalue weighted by Gasteiger charge is -2.08. The quantitative estimate of drug-likeness (QED) is 0.747. The first-order valence-corrected chi connectivity index (χ1v) is 7.59. The van der Waals surface area contributed by atoms with Crippen LogP contribution in [0.25, 0.3) is 11.0 Å². The molecule has 5 nitrogen and oxygen atoms in total. The number of hydrogen-bond acceptors (Lipinski definition) is 5. The number of hydrogen-bond donors (Lipinski definition) is 1. The molecule has 1 aromatic carbocycles. The van der Waals surface area contributed by atoms with E-state index in [-0.39, 0.29) is 0 Å². The Balaban J connectivity index is 1.72. The van der Waals surface area contributed by atoms with Crippen LogP contribution in [0, 0.1) is 11.6 Å². The minimum absolute atomic E-state index is 0.292. The molecule has 124 valence electrons. The molecule has 0 bridgehead atoms. The summed E-state index contributed by atoms with van der Waals surface area (Å²) in [7, 11) is 0. The molecule has 1 N–H and O–H groups in total. The number of nitrogens with zero attached hydrogens (tertiary/aromatic N) is 3. The predicted molar refractivity (Wildman–Crippen MR) is 86.8 cm³/mol. The fraction of sp³-hybridized carbons (Fsp3) is 0.235. The van der Waals surface area contributed by atoms with Crippen molar-refractivity contribution < 1.29 is 13.5 Å². The Morgan fingerprint density at radius 3 is 2.67 bits per heavy atom. The number of pyridine rings is 1. The van der Waals surface area contributed by atoms with Gasteiger partial charge >= 0.3 is 0 Å². The summed E-state index contributed by atoms with van der Waals surface area (Å²) in [6.07, 6.45) is 4.07. The summed E-state index contributed by atoms with van der Waals surface area (Å²) in [6, 6.07) is 5.76. The van der Waals surface area contributed by atoms with Gasteiger partial charge in [-0.25, -0.2) is 18.7 Å². The lowest BCUT2D eigenvalue weighted by atomic mass is 10.2. The topological polar surface area (TPSA) is 59.9 Å². The lowest BCUT2D eigenvalue weighted by Crippen LogP contribution is -2.04. The van der Waals surface area contributed by atoms with Gasteiger partial charge in [0.25, 0.3) is 0 Å². The normalized spacial score (nSPS) is 10.8. The molecule has 2 heterocycles. The maximum Gasteiger partial charge on any atom is 0.213 e. The van der Waals surface area contributed by atoms with E-state index in [0.29, 0.717) is 35.9 Å². The summed E-state index contributed by atoms with van der Waals surface area (Å²) in [5.41, 5.74) is 1.56. The zero-order chi connectivity index (χ0) is 16.9. The highest BCUT2D eigenvalue weighted by atomic mass is 19.2. The number of benzene rings is 1. The van der Waals surface area contributed by atoms with Gasteiger partial charge in [-0.05, 0) is 18.1 Å². The van der Waals surface area contributed by atoms with E-state index in [4.69, 9.17) is 4.74 Å². The fourth-order valence-corrected chi connectivity index (χ4v) is 2.13. The molecule has 0 aliphatic carbocycles. The molecule has 0 fully saturated rings. The van der Waals surface area contributed by atoms with Crippen molar-refractivity contribution in [2.75, 3.05) is 11.9 Å². The Kier molecular flexibility index (Phi) is 4.79. The minimum Gasteiger partial charge on any atom is -0.478 e. The first kappa shape index (κ1) is 16.0. The van der Waals surface area contributed by atoms with Crippen LogP contribution in [0.1, 0.15) is 18.9 Å². The van der Waals surface area contributed by atoms with Crippen molar-refractivity contribution in [3.63, 3.8) is 0 Å². The van der Waals surface area contributed by atoms with Gasteiger partial charge in [0.2, 0.25) is 5.88 Å². The minimum atomic E-state index is -0.944. The van der Waals surface area contributed by atoms with Gasteiger partial charge in [-0.3, -0.25) is 4.98 Å². The van der Waals surface area contributed by atoms with Gasteiger partial charge in [0.05, 0.1) is 23.8 Å². The van der Waals surface area contributed by atoms with Crippen LogP contribution in [0.2, 0.25) is 0 Å². The Labute approximate surface area is 137 Å². The van der Waals surface area contributed by atoms with E-state index in [1.807, 2.05) is 19.1 Å². The number of nitrogens with one attached hydrogen (secondary N) is 1. The highest BCUT2D eigenvalue weighted by Gasteiger charge is 2.07. The Morgan fingerprint density at radius 1 is 1.08 bits per heavy atom. The van der Waals surface area contributed by atoms with Crippen LogP contribution in [-0.2, 0) is 6.54 Å². The second-order valence-electron chi connectivity index (χ2n) is 5.21. The van der Waals surface area contributed by atoms with Crippen molar-refractivity contribution in [3.05, 3.63) is 53.9 Å². The van der Waals surface area contributed by atoms with Gasteiger partial charge in [-0.1, -0.05) is 6.92 Å². The standard InChI is InChI=1S/C17H16F2N4O/c1-2-5-24-17-6-11(3-4-20-17)9-22-16-10-21-14-7-12(18)13(19)8-15(14)23-16/h3-4,6-8,10H,2,5,9H2,1H3,(H,22,23). The molecule has 0 saturated carbocycles. The molecule has 0 atom stereocenters. The second kappa shape index (κ2) is 7.16. The molecule has 7 heteroatoms. The van der Waals surface area contributed by atoms with Crippen molar-refractivity contribution >= 4 is 16.9 Å². The average molecular weight is 330 g/mol. The van der Waals surface area contributed by atoms with Crippen LogP contribution in [0.5, 0.6) is 5.88 Å². The largest absolute Gasteiger partial charge is 0.478 e. The summed E-state index contributed by atoms with van der Waals surface area (Å²) < 4.78 is 31.9. The molecule has 3 aromatic rings. The summed E-state index contributed by atoms with van der Waals surface area (Å²) in [5, 5.41) is 3.10. The van der Waals surface area contributed by atoms with Gasteiger partial charge in [-0.2, -0.15) is 0 Å². The van der Waals surface area contributed by atoms with Crippen molar-refractivity contribution in [1.82, 2.24) is 15.0 Å². The first-order chi connectivity index (χ1) is 11.7. The highest BCUT2D eigenvalue weighted by Crippen LogP contribution is 2.17. The maximum absolute atomic E-state index is 13.3. The zero-order valence-corrected chi connectivity index (χ0v) is 13.1. The number of fused-ring (bicyclic) bond motifs is 1. The molecule has 0 radical (unpaired) electrons. The third-order valence-electron chi connectivity index (χ3n) is 3.31. The van der Waals surface area contributed by atoms with Gasteiger partial charge in [-0.15, -0.1) is 0 Å². The van der Waals surface area contributed by atoms with Gasteiger partial charge in [0.15, 0.2) is 11.6 Å². The maximum atomic E-state index is 13.3. The number of anilines is 1. The lowest BCUT2D eigenvalue weighted by molar-refractivity contribution is 0.305. The molecule has 0 saturated heterocycles. The Hall–Kier alpha value is -2.83. The smallest absolute Gasteiger partial charge is 0.213 e. The second-order valence-corrected chi connectivity index (χ2v) is 5.21. The van der Waals surface area contributed by atoms with E-state index >= 15 is 0 Å². The number of halogens is 2. The average Bonchev–Trinajstić information content (AvgIpc) is 2.59. The number of aromatic nitrogens is 3. The summed E-state index contributed by atoms with van der Waals surface area (Å²) in [6.45, 7) is 3.12. The molecular formula is C17H16F2N4O. The number of ether oxygens (including phenoxy) is 1. The van der Waals surface area contributed by atoms with Crippen LogP contribution in [-0.4, -0.2) is 21.6 Å². The van der Waals surface area contributed by atoms with Crippen LogP contribution in [0.4, 0.5) is 14.6 Å². The molecule has 24 heavy (non-hydrogen) atoms. The molecule has 0 amide bonds.